The van der Waals surface area contributed by atoms with Crippen molar-refractivity contribution in [2.75, 3.05) is 7.05 Å². The standard InChI is InChI=1S/C11H12Cl2N2O2S3/c1-3-10-14-7(6-18-10)5-15(2)20(16,17)8-4-9(12)19-11(8)13/h4,6H,3,5H2,1-2H3. The van der Waals surface area contributed by atoms with Crippen LogP contribution in [0.1, 0.15) is 17.6 Å². The molecule has 20 heavy (non-hydrogen) atoms. The van der Waals surface area contributed by atoms with Gasteiger partial charge in [0.25, 0.3) is 0 Å². The van der Waals surface area contributed by atoms with Crippen molar-refractivity contribution < 1.29 is 8.42 Å². The highest BCUT2D eigenvalue weighted by Crippen LogP contribution is 2.35. The Morgan fingerprint density at radius 3 is 2.60 bits per heavy atom. The summed E-state index contributed by atoms with van der Waals surface area (Å²) in [5.41, 5.74) is 0.732. The van der Waals surface area contributed by atoms with E-state index < -0.39 is 10.0 Å². The van der Waals surface area contributed by atoms with Gasteiger partial charge in [-0.3, -0.25) is 0 Å². The van der Waals surface area contributed by atoms with Gasteiger partial charge in [0.1, 0.15) is 9.23 Å². The lowest BCUT2D eigenvalue weighted by Gasteiger charge is -2.15. The molecule has 0 fully saturated rings. The molecule has 0 amide bonds. The summed E-state index contributed by atoms with van der Waals surface area (Å²) >= 11 is 14.3. The van der Waals surface area contributed by atoms with E-state index in [1.54, 1.807) is 0 Å². The Morgan fingerprint density at radius 1 is 1.40 bits per heavy atom. The summed E-state index contributed by atoms with van der Waals surface area (Å²) in [6.07, 6.45) is 0.840. The maximum atomic E-state index is 12.4. The third-order valence-electron chi connectivity index (χ3n) is 2.60. The number of thiophene rings is 1. The molecule has 0 saturated carbocycles. The van der Waals surface area contributed by atoms with Crippen LogP contribution in [-0.2, 0) is 23.0 Å². The molecule has 0 N–H and O–H groups in total. The molecule has 4 nitrogen and oxygen atoms in total. The van der Waals surface area contributed by atoms with E-state index in [0.717, 1.165) is 28.5 Å². The average Bonchev–Trinajstić information content (AvgIpc) is 2.95. The lowest BCUT2D eigenvalue weighted by Crippen LogP contribution is -2.26. The van der Waals surface area contributed by atoms with Crippen molar-refractivity contribution in [1.29, 1.82) is 0 Å². The van der Waals surface area contributed by atoms with Gasteiger partial charge in [0.15, 0.2) is 0 Å². The van der Waals surface area contributed by atoms with E-state index in [9.17, 15) is 8.42 Å². The first-order valence-electron chi connectivity index (χ1n) is 5.69. The monoisotopic (exact) mass is 370 g/mol. The summed E-state index contributed by atoms with van der Waals surface area (Å²) in [4.78, 5) is 4.40. The van der Waals surface area contributed by atoms with Crippen LogP contribution in [0, 0.1) is 0 Å². The first-order valence-corrected chi connectivity index (χ1v) is 9.58. The molecular formula is C11H12Cl2N2O2S3. The smallest absolute Gasteiger partial charge is 0.245 e. The van der Waals surface area contributed by atoms with Gasteiger partial charge in [-0.15, -0.1) is 22.7 Å². The van der Waals surface area contributed by atoms with Gasteiger partial charge in [-0.25, -0.2) is 13.4 Å². The molecule has 9 heteroatoms. The normalized spacial score (nSPS) is 12.2. The van der Waals surface area contributed by atoms with Crippen LogP contribution in [-0.4, -0.2) is 24.8 Å². The zero-order valence-corrected chi connectivity index (χ0v) is 14.7. The topological polar surface area (TPSA) is 50.3 Å². The van der Waals surface area contributed by atoms with Gasteiger partial charge in [0.2, 0.25) is 10.0 Å². The van der Waals surface area contributed by atoms with Crippen LogP contribution in [0.2, 0.25) is 8.67 Å². The molecule has 2 heterocycles. The highest BCUT2D eigenvalue weighted by molar-refractivity contribution is 7.89. The van der Waals surface area contributed by atoms with Gasteiger partial charge in [-0.1, -0.05) is 30.1 Å². The SMILES string of the molecule is CCc1nc(CN(C)S(=O)(=O)c2cc(Cl)sc2Cl)cs1. The molecule has 0 aliphatic heterocycles. The minimum Gasteiger partial charge on any atom is -0.245 e. The number of halogens is 2. The van der Waals surface area contributed by atoms with E-state index in [4.69, 9.17) is 23.2 Å². The molecule has 0 bridgehead atoms. The largest absolute Gasteiger partial charge is 0.245 e. The molecule has 110 valence electrons. The van der Waals surface area contributed by atoms with E-state index in [0.29, 0.717) is 4.34 Å². The van der Waals surface area contributed by atoms with Crippen molar-refractivity contribution in [3.05, 3.63) is 30.8 Å². The van der Waals surface area contributed by atoms with Crippen molar-refractivity contribution in [3.63, 3.8) is 0 Å². The van der Waals surface area contributed by atoms with Crippen molar-refractivity contribution in [3.8, 4) is 0 Å². The third kappa shape index (κ3) is 3.35. The molecule has 0 aromatic carbocycles. The number of thiazole rings is 1. The lowest BCUT2D eigenvalue weighted by molar-refractivity contribution is 0.463. The Morgan fingerprint density at radius 2 is 2.10 bits per heavy atom. The van der Waals surface area contributed by atoms with Crippen LogP contribution < -0.4 is 0 Å². The van der Waals surface area contributed by atoms with E-state index in [-0.39, 0.29) is 15.8 Å². The zero-order valence-electron chi connectivity index (χ0n) is 10.8. The fourth-order valence-electron chi connectivity index (χ4n) is 1.57. The Balaban J connectivity index is 2.23. The molecule has 2 aromatic heterocycles. The van der Waals surface area contributed by atoms with Gasteiger partial charge in [-0.2, -0.15) is 4.31 Å². The molecular weight excluding hydrogens is 359 g/mol. The fraction of sp³-hybridized carbons (Fsp3) is 0.364. The second-order valence-electron chi connectivity index (χ2n) is 4.04. The highest BCUT2D eigenvalue weighted by Gasteiger charge is 2.26. The number of aromatic nitrogens is 1. The molecule has 2 aromatic rings. The predicted octanol–water partition coefficient (Wildman–Crippen LogP) is 3.89. The van der Waals surface area contributed by atoms with Crippen LogP contribution in [0.5, 0.6) is 0 Å². The summed E-state index contributed by atoms with van der Waals surface area (Å²) in [6.45, 7) is 2.22. The fourth-order valence-corrected chi connectivity index (χ4v) is 5.55. The lowest BCUT2D eigenvalue weighted by atomic mass is 10.5. The van der Waals surface area contributed by atoms with E-state index in [1.807, 2.05) is 12.3 Å². The van der Waals surface area contributed by atoms with Gasteiger partial charge in [-0.05, 0) is 12.5 Å². The van der Waals surface area contributed by atoms with Crippen molar-refractivity contribution in [2.45, 2.75) is 24.8 Å². The molecule has 0 radical (unpaired) electrons. The minimum atomic E-state index is -3.65. The second-order valence-corrected chi connectivity index (χ2v) is 9.28. The number of rotatable bonds is 5. The van der Waals surface area contributed by atoms with Crippen LogP contribution in [0.15, 0.2) is 16.3 Å². The maximum Gasteiger partial charge on any atom is 0.245 e. The first kappa shape index (κ1) is 16.2. The molecule has 0 saturated heterocycles. The number of nitrogens with zero attached hydrogens (tertiary/aromatic N) is 2. The minimum absolute atomic E-state index is 0.0441. The van der Waals surface area contributed by atoms with Crippen molar-refractivity contribution >= 4 is 55.9 Å². The quantitative estimate of drug-likeness (QED) is 0.801. The van der Waals surface area contributed by atoms with E-state index >= 15 is 0 Å². The summed E-state index contributed by atoms with van der Waals surface area (Å²) in [7, 11) is -2.15. The van der Waals surface area contributed by atoms with E-state index in [2.05, 4.69) is 4.98 Å². The third-order valence-corrected chi connectivity index (χ3v) is 7.20. The number of aryl methyl sites for hydroxylation is 1. The Kier molecular flexibility index (Phi) is 5.09. The average molecular weight is 371 g/mol. The molecule has 2 rings (SSSR count). The van der Waals surface area contributed by atoms with Gasteiger partial charge in [0, 0.05) is 12.4 Å². The molecule has 0 unspecified atom stereocenters. The summed E-state index contributed by atoms with van der Waals surface area (Å²) in [5, 5.41) is 2.86. The van der Waals surface area contributed by atoms with Gasteiger partial charge in [0.05, 0.1) is 21.6 Å². The number of hydrogen-bond donors (Lipinski definition) is 0. The van der Waals surface area contributed by atoms with Crippen LogP contribution >= 0.6 is 45.9 Å². The summed E-state index contributed by atoms with van der Waals surface area (Å²) in [5.74, 6) is 0. The van der Waals surface area contributed by atoms with Crippen LogP contribution in [0.3, 0.4) is 0 Å². The van der Waals surface area contributed by atoms with Crippen LogP contribution in [0.4, 0.5) is 0 Å². The number of sulfonamides is 1. The number of hydrogen-bond acceptors (Lipinski definition) is 5. The molecule has 0 aliphatic carbocycles. The zero-order chi connectivity index (χ0) is 14.9. The van der Waals surface area contributed by atoms with Crippen LogP contribution in [0.25, 0.3) is 0 Å². The maximum absolute atomic E-state index is 12.4. The molecule has 0 spiro atoms. The first-order chi connectivity index (χ1) is 9.34. The Labute approximate surface area is 136 Å². The Hall–Kier alpha value is -0.180. The summed E-state index contributed by atoms with van der Waals surface area (Å²) in [6, 6.07) is 1.37. The summed E-state index contributed by atoms with van der Waals surface area (Å²) < 4.78 is 26.6. The predicted molar refractivity (Wildman–Crippen MR) is 84.5 cm³/mol. The second kappa shape index (κ2) is 6.29. The van der Waals surface area contributed by atoms with Gasteiger partial charge < -0.3 is 0 Å². The van der Waals surface area contributed by atoms with E-state index in [1.165, 1.54) is 28.8 Å². The van der Waals surface area contributed by atoms with Crippen molar-refractivity contribution in [2.24, 2.45) is 0 Å². The van der Waals surface area contributed by atoms with Crippen molar-refractivity contribution in [1.82, 2.24) is 9.29 Å². The van der Waals surface area contributed by atoms with Gasteiger partial charge >= 0.3 is 0 Å². The molecule has 0 aliphatic rings. The highest BCUT2D eigenvalue weighted by atomic mass is 35.5. The molecule has 0 atom stereocenters. The Bertz CT molecular complexity index is 709.